The van der Waals surface area contributed by atoms with Crippen LogP contribution >= 0.6 is 0 Å². The van der Waals surface area contributed by atoms with Crippen LogP contribution < -0.4 is 16.6 Å². The van der Waals surface area contributed by atoms with E-state index in [4.69, 9.17) is 10.6 Å². The minimum absolute atomic E-state index is 0.437. The van der Waals surface area contributed by atoms with Crippen molar-refractivity contribution in [2.24, 2.45) is 10.8 Å². The molecular weight excluding hydrogens is 194 g/mol. The average Bonchev–Trinajstić information content (AvgIpc) is 2.63. The molecule has 0 saturated carbocycles. The van der Waals surface area contributed by atoms with E-state index >= 15 is 0 Å². The van der Waals surface area contributed by atoms with Gasteiger partial charge in [-0.3, -0.25) is 5.43 Å². The monoisotopic (exact) mass is 215 g/mol. The topological polar surface area (TPSA) is 74.9 Å². The highest BCUT2D eigenvalue weighted by Gasteiger charge is 2.19. The molecule has 4 N–H and O–H groups in total. The summed E-state index contributed by atoms with van der Waals surface area (Å²) in [6, 6.07) is 0.437. The average molecular weight is 215 g/mol. The van der Waals surface area contributed by atoms with E-state index in [2.05, 4.69) is 27.7 Å². The van der Waals surface area contributed by atoms with Gasteiger partial charge in [0.25, 0.3) is 0 Å². The molecule has 6 heteroatoms. The van der Waals surface area contributed by atoms with Crippen molar-refractivity contribution in [3.63, 3.8) is 0 Å². The third-order valence-corrected chi connectivity index (χ3v) is 2.43. The van der Waals surface area contributed by atoms with Crippen LogP contribution in [0.2, 0.25) is 0 Å². The predicted octanol–water partition coefficient (Wildman–Crippen LogP) is -1.25. The van der Waals surface area contributed by atoms with Crippen molar-refractivity contribution in [1.82, 2.24) is 15.6 Å². The molecule has 0 radical (unpaired) electrons. The fraction of sp³-hybridized carbons (Fsp3) is 0.889. The molecule has 88 valence electrons. The van der Waals surface area contributed by atoms with Gasteiger partial charge in [-0.2, -0.15) is 0 Å². The number of aliphatic imine (C=N–C) groups is 1. The SMILES string of the molecule is COCCN=C(NN)NC1CCN(C)C1. The zero-order chi connectivity index (χ0) is 11.1. The standard InChI is InChI=1S/C9H21N5O/c1-14-5-3-8(7-14)12-9(13-10)11-4-6-15-2/h8H,3-7,10H2,1-2H3,(H2,11,12,13). The second kappa shape index (κ2) is 6.60. The first-order valence-electron chi connectivity index (χ1n) is 5.21. The van der Waals surface area contributed by atoms with Crippen LogP contribution in [0.25, 0.3) is 0 Å². The van der Waals surface area contributed by atoms with Gasteiger partial charge < -0.3 is 15.0 Å². The van der Waals surface area contributed by atoms with Crippen LogP contribution in [-0.2, 0) is 4.74 Å². The molecule has 1 saturated heterocycles. The largest absolute Gasteiger partial charge is 0.383 e. The molecule has 1 aliphatic heterocycles. The van der Waals surface area contributed by atoms with Gasteiger partial charge in [0, 0.05) is 19.7 Å². The van der Waals surface area contributed by atoms with Crippen molar-refractivity contribution >= 4 is 5.96 Å². The summed E-state index contributed by atoms with van der Waals surface area (Å²) in [4.78, 5) is 6.53. The van der Waals surface area contributed by atoms with Gasteiger partial charge in [-0.15, -0.1) is 0 Å². The molecule has 0 spiro atoms. The van der Waals surface area contributed by atoms with Gasteiger partial charge >= 0.3 is 0 Å². The molecule has 0 bridgehead atoms. The van der Waals surface area contributed by atoms with Crippen LogP contribution in [0.3, 0.4) is 0 Å². The lowest BCUT2D eigenvalue weighted by Crippen LogP contribution is -2.47. The molecular formula is C9H21N5O. The Hall–Kier alpha value is -0.850. The summed E-state index contributed by atoms with van der Waals surface area (Å²) in [5.41, 5.74) is 2.57. The maximum Gasteiger partial charge on any atom is 0.206 e. The first kappa shape index (κ1) is 12.2. The Bertz CT molecular complexity index is 209. The number of rotatable bonds is 4. The van der Waals surface area contributed by atoms with Gasteiger partial charge in [-0.25, -0.2) is 10.8 Å². The Kier molecular flexibility index (Phi) is 5.38. The second-order valence-electron chi connectivity index (χ2n) is 3.76. The Morgan fingerprint density at radius 2 is 2.47 bits per heavy atom. The molecule has 0 aliphatic carbocycles. The van der Waals surface area contributed by atoms with Gasteiger partial charge in [-0.05, 0) is 20.0 Å². The lowest BCUT2D eigenvalue weighted by atomic mass is 10.3. The molecule has 1 rings (SSSR count). The molecule has 0 aromatic heterocycles. The van der Waals surface area contributed by atoms with Crippen LogP contribution in [-0.4, -0.2) is 57.3 Å². The number of likely N-dealkylation sites (tertiary alicyclic amines) is 1. The number of nitrogens with one attached hydrogen (secondary N) is 2. The zero-order valence-corrected chi connectivity index (χ0v) is 9.49. The number of methoxy groups -OCH3 is 1. The van der Waals surface area contributed by atoms with Crippen molar-refractivity contribution in [1.29, 1.82) is 0 Å². The minimum atomic E-state index is 0.437. The first-order valence-corrected chi connectivity index (χ1v) is 5.21. The van der Waals surface area contributed by atoms with Crippen molar-refractivity contribution in [2.45, 2.75) is 12.5 Å². The number of likely N-dealkylation sites (N-methyl/N-ethyl adjacent to an activating group) is 1. The summed E-state index contributed by atoms with van der Waals surface area (Å²) in [5, 5.41) is 3.27. The summed E-state index contributed by atoms with van der Waals surface area (Å²) in [7, 11) is 3.77. The van der Waals surface area contributed by atoms with Crippen LogP contribution in [0.1, 0.15) is 6.42 Å². The highest BCUT2D eigenvalue weighted by atomic mass is 16.5. The number of nitrogens with zero attached hydrogens (tertiary/aromatic N) is 2. The van der Waals surface area contributed by atoms with Gasteiger partial charge in [0.2, 0.25) is 5.96 Å². The highest BCUT2D eigenvalue weighted by Crippen LogP contribution is 2.05. The molecule has 0 aromatic rings. The zero-order valence-electron chi connectivity index (χ0n) is 9.49. The quantitative estimate of drug-likeness (QED) is 0.180. The van der Waals surface area contributed by atoms with Crippen LogP contribution in [0.4, 0.5) is 0 Å². The van der Waals surface area contributed by atoms with E-state index in [0.29, 0.717) is 25.2 Å². The Morgan fingerprint density at radius 3 is 3.00 bits per heavy atom. The number of hydrazine groups is 1. The predicted molar refractivity (Wildman–Crippen MR) is 60.5 cm³/mol. The normalized spacial score (nSPS) is 23.1. The lowest BCUT2D eigenvalue weighted by molar-refractivity contribution is 0.208. The first-order chi connectivity index (χ1) is 7.26. The lowest BCUT2D eigenvalue weighted by Gasteiger charge is -2.15. The summed E-state index contributed by atoms with van der Waals surface area (Å²) in [6.45, 7) is 3.38. The molecule has 6 nitrogen and oxygen atoms in total. The van der Waals surface area contributed by atoms with E-state index < -0.39 is 0 Å². The summed E-state index contributed by atoms with van der Waals surface area (Å²) in [5.74, 6) is 6.02. The van der Waals surface area contributed by atoms with Crippen LogP contribution in [0, 0.1) is 0 Å². The number of nitrogens with two attached hydrogens (primary N) is 1. The van der Waals surface area contributed by atoms with Crippen LogP contribution in [0.15, 0.2) is 4.99 Å². The van der Waals surface area contributed by atoms with E-state index in [1.165, 1.54) is 0 Å². The number of hydrogen-bond acceptors (Lipinski definition) is 4. The molecule has 1 heterocycles. The van der Waals surface area contributed by atoms with Crippen molar-refractivity contribution in [2.75, 3.05) is 40.4 Å². The third-order valence-electron chi connectivity index (χ3n) is 2.43. The molecule has 0 amide bonds. The summed E-state index contributed by atoms with van der Waals surface area (Å²) >= 11 is 0. The molecule has 1 fully saturated rings. The van der Waals surface area contributed by atoms with E-state index in [0.717, 1.165) is 19.5 Å². The summed E-state index contributed by atoms with van der Waals surface area (Å²) in [6.07, 6.45) is 1.13. The van der Waals surface area contributed by atoms with Crippen LogP contribution in [0.5, 0.6) is 0 Å². The number of ether oxygens (including phenoxy) is 1. The van der Waals surface area contributed by atoms with Crippen molar-refractivity contribution < 1.29 is 4.74 Å². The van der Waals surface area contributed by atoms with E-state index in [1.807, 2.05) is 0 Å². The van der Waals surface area contributed by atoms with Gasteiger partial charge in [-0.1, -0.05) is 0 Å². The third kappa shape index (κ3) is 4.46. The number of hydrogen-bond donors (Lipinski definition) is 3. The molecule has 15 heavy (non-hydrogen) atoms. The van der Waals surface area contributed by atoms with E-state index in [1.54, 1.807) is 7.11 Å². The second-order valence-corrected chi connectivity index (χ2v) is 3.76. The molecule has 1 unspecified atom stereocenters. The number of guanidine groups is 1. The smallest absolute Gasteiger partial charge is 0.206 e. The molecule has 0 aromatic carbocycles. The molecule has 1 aliphatic rings. The van der Waals surface area contributed by atoms with Gasteiger partial charge in [0.05, 0.1) is 13.2 Å². The van der Waals surface area contributed by atoms with Gasteiger partial charge in [0.1, 0.15) is 0 Å². The van der Waals surface area contributed by atoms with Crippen molar-refractivity contribution in [3.05, 3.63) is 0 Å². The van der Waals surface area contributed by atoms with Crippen molar-refractivity contribution in [3.8, 4) is 0 Å². The Balaban J connectivity index is 2.29. The fourth-order valence-corrected chi connectivity index (χ4v) is 1.63. The Morgan fingerprint density at radius 1 is 1.67 bits per heavy atom. The highest BCUT2D eigenvalue weighted by molar-refractivity contribution is 5.79. The van der Waals surface area contributed by atoms with E-state index in [9.17, 15) is 0 Å². The Labute approximate surface area is 90.8 Å². The maximum atomic E-state index is 5.37. The fourth-order valence-electron chi connectivity index (χ4n) is 1.63. The molecule has 1 atom stereocenters. The van der Waals surface area contributed by atoms with E-state index in [-0.39, 0.29) is 0 Å². The maximum absolute atomic E-state index is 5.37. The van der Waals surface area contributed by atoms with Gasteiger partial charge in [0.15, 0.2) is 0 Å². The minimum Gasteiger partial charge on any atom is -0.383 e. The summed E-state index contributed by atoms with van der Waals surface area (Å²) < 4.78 is 4.91.